The predicted octanol–water partition coefficient (Wildman–Crippen LogP) is 2.74. The van der Waals surface area contributed by atoms with E-state index in [1.807, 2.05) is 36.4 Å². The first-order valence-corrected chi connectivity index (χ1v) is 8.87. The molecule has 2 aromatic carbocycles. The molecule has 0 spiro atoms. The Labute approximate surface area is 169 Å². The molecule has 0 saturated carbocycles. The molecule has 0 aliphatic rings. The van der Waals surface area contributed by atoms with Gasteiger partial charge in [0.2, 0.25) is 0 Å². The summed E-state index contributed by atoms with van der Waals surface area (Å²) in [6.45, 7) is 0.362. The molecule has 144 valence electrons. The Balaban J connectivity index is 1.80. The van der Waals surface area contributed by atoms with Gasteiger partial charge in [-0.1, -0.05) is 34.1 Å². The second kappa shape index (κ2) is 9.00. The van der Waals surface area contributed by atoms with Gasteiger partial charge in [-0.3, -0.25) is 0 Å². The van der Waals surface area contributed by atoms with Crippen molar-refractivity contribution in [1.82, 2.24) is 10.3 Å². The van der Waals surface area contributed by atoms with Gasteiger partial charge in [0.15, 0.2) is 28.8 Å². The molecular formula is C18H17BrN6O3. The highest BCUT2D eigenvalue weighted by Gasteiger charge is 2.11. The standard InChI is InChI=1S/C18H17BrN6O3/c1-26-14-4-2-3-12(9-22-23-17(20)15-18(21)25-28-24-15)16(14)27-10-11-5-7-13(19)8-6-11/h2-9H,10H2,1H3,(H2,20,23)(H2,21,25)/b22-9-. The Morgan fingerprint density at radius 2 is 2.00 bits per heavy atom. The zero-order valence-corrected chi connectivity index (χ0v) is 16.5. The lowest BCUT2D eigenvalue weighted by molar-refractivity contribution is 0.284. The maximum atomic E-state index is 5.97. The van der Waals surface area contributed by atoms with Crippen LogP contribution in [0, 0.1) is 0 Å². The molecule has 1 heterocycles. The van der Waals surface area contributed by atoms with Gasteiger partial charge in [-0.05, 0) is 40.1 Å². The molecule has 28 heavy (non-hydrogen) atoms. The molecule has 0 radical (unpaired) electrons. The number of benzene rings is 2. The van der Waals surface area contributed by atoms with Crippen molar-refractivity contribution >= 4 is 33.8 Å². The number of hydrogen-bond acceptors (Lipinski definition) is 8. The lowest BCUT2D eigenvalue weighted by Crippen LogP contribution is -2.15. The third-order valence-corrected chi connectivity index (χ3v) is 4.17. The summed E-state index contributed by atoms with van der Waals surface area (Å²) >= 11 is 3.41. The Morgan fingerprint density at radius 3 is 2.68 bits per heavy atom. The number of halogens is 1. The van der Waals surface area contributed by atoms with Crippen LogP contribution in [0.15, 0.2) is 61.8 Å². The van der Waals surface area contributed by atoms with E-state index in [0.717, 1.165) is 10.0 Å². The van der Waals surface area contributed by atoms with Gasteiger partial charge in [0.1, 0.15) is 6.61 Å². The van der Waals surface area contributed by atoms with Crippen LogP contribution < -0.4 is 20.9 Å². The van der Waals surface area contributed by atoms with Crippen LogP contribution in [0.2, 0.25) is 0 Å². The maximum absolute atomic E-state index is 5.97. The third kappa shape index (κ3) is 4.65. The molecule has 0 bridgehead atoms. The number of anilines is 1. The Kier molecular flexibility index (Phi) is 6.22. The fourth-order valence-electron chi connectivity index (χ4n) is 2.26. The summed E-state index contributed by atoms with van der Waals surface area (Å²) in [4.78, 5) is 0. The maximum Gasteiger partial charge on any atom is 0.199 e. The Morgan fingerprint density at radius 1 is 1.21 bits per heavy atom. The minimum atomic E-state index is -0.0183. The van der Waals surface area contributed by atoms with Gasteiger partial charge in [-0.25, -0.2) is 4.63 Å². The van der Waals surface area contributed by atoms with Crippen molar-refractivity contribution in [2.24, 2.45) is 15.9 Å². The monoisotopic (exact) mass is 444 g/mol. The number of nitrogens with zero attached hydrogens (tertiary/aromatic N) is 4. The molecule has 3 aromatic rings. The lowest BCUT2D eigenvalue weighted by atomic mass is 10.2. The van der Waals surface area contributed by atoms with Gasteiger partial charge in [0, 0.05) is 10.0 Å². The zero-order chi connectivity index (χ0) is 19.9. The summed E-state index contributed by atoms with van der Waals surface area (Å²) in [6.07, 6.45) is 1.50. The second-order valence-electron chi connectivity index (χ2n) is 5.52. The molecule has 4 N–H and O–H groups in total. The van der Waals surface area contributed by atoms with E-state index in [1.54, 1.807) is 13.2 Å². The topological polar surface area (TPSA) is 134 Å². The molecule has 10 heteroatoms. The van der Waals surface area contributed by atoms with Crippen molar-refractivity contribution in [3.63, 3.8) is 0 Å². The molecule has 0 unspecified atom stereocenters. The van der Waals surface area contributed by atoms with Crippen LogP contribution in [0.3, 0.4) is 0 Å². The molecule has 0 saturated heterocycles. The number of aromatic nitrogens is 2. The molecule has 3 rings (SSSR count). The van der Waals surface area contributed by atoms with Crippen molar-refractivity contribution in [3.05, 3.63) is 63.8 Å². The van der Waals surface area contributed by atoms with E-state index >= 15 is 0 Å². The number of rotatable bonds is 7. The van der Waals surface area contributed by atoms with Gasteiger partial charge >= 0.3 is 0 Å². The van der Waals surface area contributed by atoms with E-state index in [1.165, 1.54) is 6.21 Å². The Bertz CT molecular complexity index is 1000. The summed E-state index contributed by atoms with van der Waals surface area (Å²) in [7, 11) is 1.57. The highest BCUT2D eigenvalue weighted by atomic mass is 79.9. The zero-order valence-electron chi connectivity index (χ0n) is 14.9. The fraction of sp³-hybridized carbons (Fsp3) is 0.111. The molecule has 0 amide bonds. The van der Waals surface area contributed by atoms with Crippen LogP contribution >= 0.6 is 15.9 Å². The van der Waals surface area contributed by atoms with Gasteiger partial charge in [0.25, 0.3) is 0 Å². The smallest absolute Gasteiger partial charge is 0.199 e. The summed E-state index contributed by atoms with van der Waals surface area (Å²) in [6, 6.07) is 13.3. The lowest BCUT2D eigenvalue weighted by Gasteiger charge is -2.13. The van der Waals surface area contributed by atoms with E-state index in [-0.39, 0.29) is 17.3 Å². The van der Waals surface area contributed by atoms with Crippen molar-refractivity contribution in [2.75, 3.05) is 12.8 Å². The summed E-state index contributed by atoms with van der Waals surface area (Å²) in [5.74, 6) is 1.13. The molecule has 0 atom stereocenters. The second-order valence-corrected chi connectivity index (χ2v) is 6.44. The number of para-hydroxylation sites is 1. The summed E-state index contributed by atoms with van der Waals surface area (Å²) in [5, 5.41) is 14.8. The normalized spacial score (nSPS) is 11.7. The molecule has 0 aliphatic carbocycles. The van der Waals surface area contributed by atoms with Crippen LogP contribution in [0.4, 0.5) is 5.82 Å². The average Bonchev–Trinajstić information content (AvgIpc) is 3.14. The third-order valence-electron chi connectivity index (χ3n) is 3.64. The Hall–Kier alpha value is -3.40. The van der Waals surface area contributed by atoms with E-state index in [9.17, 15) is 0 Å². The number of hydrogen-bond donors (Lipinski definition) is 2. The van der Waals surface area contributed by atoms with E-state index in [0.29, 0.717) is 23.7 Å². The van der Waals surface area contributed by atoms with E-state index in [4.69, 9.17) is 20.9 Å². The molecule has 1 aromatic heterocycles. The molecular weight excluding hydrogens is 428 g/mol. The highest BCUT2D eigenvalue weighted by molar-refractivity contribution is 9.10. The average molecular weight is 445 g/mol. The molecule has 0 fully saturated rings. The van der Waals surface area contributed by atoms with E-state index in [2.05, 4.69) is 41.1 Å². The first kappa shape index (κ1) is 19.4. The molecule has 9 nitrogen and oxygen atoms in total. The quantitative estimate of drug-likeness (QED) is 0.324. The summed E-state index contributed by atoms with van der Waals surface area (Å²) < 4.78 is 16.8. The largest absolute Gasteiger partial charge is 0.493 e. The number of methoxy groups -OCH3 is 1. The van der Waals surface area contributed by atoms with Gasteiger partial charge in [0.05, 0.1) is 13.3 Å². The predicted molar refractivity (Wildman–Crippen MR) is 108 cm³/mol. The number of ether oxygens (including phenoxy) is 2. The van der Waals surface area contributed by atoms with E-state index < -0.39 is 0 Å². The van der Waals surface area contributed by atoms with Crippen molar-refractivity contribution in [3.8, 4) is 11.5 Å². The van der Waals surface area contributed by atoms with Crippen LogP contribution in [-0.4, -0.2) is 29.5 Å². The number of nitrogen functional groups attached to an aromatic ring is 1. The van der Waals surface area contributed by atoms with Gasteiger partial charge in [-0.2, -0.15) is 5.10 Å². The number of nitrogens with two attached hydrogens (primary N) is 2. The SMILES string of the molecule is COc1cccc(/C=N\N=C(\N)c2nonc2N)c1OCc1ccc(Br)cc1. The van der Waals surface area contributed by atoms with Crippen molar-refractivity contribution in [2.45, 2.75) is 6.61 Å². The van der Waals surface area contributed by atoms with Crippen LogP contribution in [0.25, 0.3) is 0 Å². The van der Waals surface area contributed by atoms with Crippen LogP contribution in [0.5, 0.6) is 11.5 Å². The fourth-order valence-corrected chi connectivity index (χ4v) is 2.52. The van der Waals surface area contributed by atoms with Crippen molar-refractivity contribution < 1.29 is 14.1 Å². The summed E-state index contributed by atoms with van der Waals surface area (Å²) in [5.41, 5.74) is 13.2. The molecule has 0 aliphatic heterocycles. The minimum Gasteiger partial charge on any atom is -0.493 e. The number of amidine groups is 1. The van der Waals surface area contributed by atoms with Crippen LogP contribution in [-0.2, 0) is 6.61 Å². The first-order chi connectivity index (χ1) is 13.6. The van der Waals surface area contributed by atoms with Gasteiger partial charge in [-0.15, -0.1) is 5.10 Å². The van der Waals surface area contributed by atoms with Gasteiger partial charge < -0.3 is 20.9 Å². The minimum absolute atomic E-state index is 0.0183. The van der Waals surface area contributed by atoms with Crippen LogP contribution in [0.1, 0.15) is 16.8 Å². The first-order valence-electron chi connectivity index (χ1n) is 8.07. The highest BCUT2D eigenvalue weighted by Crippen LogP contribution is 2.31. The van der Waals surface area contributed by atoms with Crippen molar-refractivity contribution in [1.29, 1.82) is 0 Å².